The first-order chi connectivity index (χ1) is 15.1. The van der Waals surface area contributed by atoms with Crippen molar-refractivity contribution in [2.75, 3.05) is 30.3 Å². The van der Waals surface area contributed by atoms with Crippen LogP contribution in [0.2, 0.25) is 0 Å². The first kappa shape index (κ1) is 20.8. The number of nitriles is 1. The molecule has 7 heteroatoms. The van der Waals surface area contributed by atoms with Gasteiger partial charge in [0.2, 0.25) is 5.91 Å². The Labute approximate surface area is 182 Å². The average molecular weight is 415 g/mol. The van der Waals surface area contributed by atoms with Gasteiger partial charge in [0.25, 0.3) is 0 Å². The Hall–Kier alpha value is -3.50. The molecule has 0 radical (unpaired) electrons. The molecule has 4 rings (SSSR count). The van der Waals surface area contributed by atoms with E-state index >= 15 is 0 Å². The van der Waals surface area contributed by atoms with Gasteiger partial charge in [-0.15, -0.1) is 0 Å². The van der Waals surface area contributed by atoms with Crippen molar-refractivity contribution in [1.82, 2.24) is 14.9 Å². The second-order valence-electron chi connectivity index (χ2n) is 7.81. The van der Waals surface area contributed by atoms with Gasteiger partial charge in [0.1, 0.15) is 12.1 Å². The molecule has 1 aliphatic rings. The second kappa shape index (κ2) is 9.11. The molecular formula is C24H26N6O. The standard InChI is InChI=1S/C24H26N6O/c1-3-30(4-2)14-23(31)28-19-7-6-17-10-20(12-18(17)11-19)29-24-21-9-16(13-25)5-8-22(21)26-15-27-24/h5-9,11,15,20H,3-4,10,12,14H2,1-2H3,(H,28,31)(H,26,27,29). The molecule has 7 nitrogen and oxygen atoms in total. The Morgan fingerprint density at radius 2 is 1.94 bits per heavy atom. The first-order valence-electron chi connectivity index (χ1n) is 10.6. The third kappa shape index (κ3) is 4.65. The van der Waals surface area contributed by atoms with Crippen molar-refractivity contribution in [1.29, 1.82) is 5.26 Å². The summed E-state index contributed by atoms with van der Waals surface area (Å²) < 4.78 is 0. The minimum absolute atomic E-state index is 0.0112. The average Bonchev–Trinajstić information content (AvgIpc) is 3.19. The number of anilines is 2. The highest BCUT2D eigenvalue weighted by molar-refractivity contribution is 5.92. The van der Waals surface area contributed by atoms with E-state index in [2.05, 4.69) is 57.6 Å². The highest BCUT2D eigenvalue weighted by atomic mass is 16.2. The molecule has 1 amide bonds. The van der Waals surface area contributed by atoms with Gasteiger partial charge in [-0.2, -0.15) is 5.26 Å². The minimum atomic E-state index is 0.0112. The Morgan fingerprint density at radius 3 is 2.71 bits per heavy atom. The highest BCUT2D eigenvalue weighted by Crippen LogP contribution is 2.29. The van der Waals surface area contributed by atoms with E-state index in [9.17, 15) is 10.1 Å². The largest absolute Gasteiger partial charge is 0.366 e. The van der Waals surface area contributed by atoms with Gasteiger partial charge in [0.15, 0.2) is 0 Å². The van der Waals surface area contributed by atoms with Crippen LogP contribution in [0.3, 0.4) is 0 Å². The summed E-state index contributed by atoms with van der Waals surface area (Å²) in [5.41, 5.74) is 4.74. The summed E-state index contributed by atoms with van der Waals surface area (Å²) in [6, 6.07) is 13.9. The number of amides is 1. The number of rotatable bonds is 7. The van der Waals surface area contributed by atoms with Crippen LogP contribution in [0.25, 0.3) is 10.9 Å². The van der Waals surface area contributed by atoms with Gasteiger partial charge < -0.3 is 10.6 Å². The van der Waals surface area contributed by atoms with E-state index in [4.69, 9.17) is 0 Å². The van der Waals surface area contributed by atoms with Crippen molar-refractivity contribution in [3.63, 3.8) is 0 Å². The molecule has 31 heavy (non-hydrogen) atoms. The first-order valence-corrected chi connectivity index (χ1v) is 10.6. The van der Waals surface area contributed by atoms with Crippen LogP contribution in [0.1, 0.15) is 30.5 Å². The number of carbonyl (C=O) groups excluding carboxylic acids is 1. The highest BCUT2D eigenvalue weighted by Gasteiger charge is 2.23. The minimum Gasteiger partial charge on any atom is -0.366 e. The van der Waals surface area contributed by atoms with E-state index in [1.165, 1.54) is 11.1 Å². The fourth-order valence-corrected chi connectivity index (χ4v) is 4.08. The van der Waals surface area contributed by atoms with Gasteiger partial charge in [-0.05, 0) is 67.4 Å². The summed E-state index contributed by atoms with van der Waals surface area (Å²) in [6.45, 7) is 6.23. The molecule has 1 atom stereocenters. The van der Waals surface area contributed by atoms with Crippen LogP contribution in [0.15, 0.2) is 42.7 Å². The number of nitrogens with one attached hydrogen (secondary N) is 2. The van der Waals surface area contributed by atoms with Crippen LogP contribution >= 0.6 is 0 Å². The molecule has 3 aromatic rings. The van der Waals surface area contributed by atoms with Gasteiger partial charge in [-0.3, -0.25) is 9.69 Å². The second-order valence-corrected chi connectivity index (χ2v) is 7.81. The van der Waals surface area contributed by atoms with E-state index in [0.717, 1.165) is 48.3 Å². The molecule has 0 spiro atoms. The molecule has 2 aromatic carbocycles. The van der Waals surface area contributed by atoms with Crippen LogP contribution in [0.5, 0.6) is 0 Å². The number of nitrogens with zero attached hydrogens (tertiary/aromatic N) is 4. The third-order valence-electron chi connectivity index (χ3n) is 5.79. The predicted molar refractivity (Wildman–Crippen MR) is 122 cm³/mol. The number of carbonyl (C=O) groups is 1. The molecule has 1 heterocycles. The Morgan fingerprint density at radius 1 is 1.13 bits per heavy atom. The van der Waals surface area contributed by atoms with Gasteiger partial charge >= 0.3 is 0 Å². The topological polar surface area (TPSA) is 93.9 Å². The van der Waals surface area contributed by atoms with Crippen LogP contribution in [0.4, 0.5) is 11.5 Å². The molecule has 0 saturated carbocycles. The zero-order valence-electron chi connectivity index (χ0n) is 17.9. The molecule has 0 saturated heterocycles. The zero-order valence-corrected chi connectivity index (χ0v) is 17.9. The van der Waals surface area contributed by atoms with Crippen molar-refractivity contribution in [3.05, 3.63) is 59.4 Å². The molecular weight excluding hydrogens is 388 g/mol. The summed E-state index contributed by atoms with van der Waals surface area (Å²) >= 11 is 0. The predicted octanol–water partition coefficient (Wildman–Crippen LogP) is 3.36. The number of aromatic nitrogens is 2. The van der Waals surface area contributed by atoms with Gasteiger partial charge in [-0.1, -0.05) is 19.9 Å². The lowest BCUT2D eigenvalue weighted by Gasteiger charge is -2.17. The fraction of sp³-hybridized carbons (Fsp3) is 0.333. The normalized spacial score (nSPS) is 15.0. The van der Waals surface area contributed by atoms with E-state index in [1.54, 1.807) is 12.4 Å². The lowest BCUT2D eigenvalue weighted by Crippen LogP contribution is -2.32. The van der Waals surface area contributed by atoms with E-state index in [1.807, 2.05) is 18.2 Å². The molecule has 2 N–H and O–H groups in total. The number of fused-ring (bicyclic) bond motifs is 2. The van der Waals surface area contributed by atoms with Crippen molar-refractivity contribution < 1.29 is 4.79 Å². The van der Waals surface area contributed by atoms with Crippen LogP contribution in [-0.4, -0.2) is 46.5 Å². The van der Waals surface area contributed by atoms with Crippen LogP contribution in [-0.2, 0) is 17.6 Å². The summed E-state index contributed by atoms with van der Waals surface area (Å²) in [6.07, 6.45) is 3.27. The summed E-state index contributed by atoms with van der Waals surface area (Å²) in [7, 11) is 0. The van der Waals surface area contributed by atoms with Gasteiger partial charge in [-0.25, -0.2) is 9.97 Å². The van der Waals surface area contributed by atoms with Gasteiger partial charge in [0, 0.05) is 17.1 Å². The quantitative estimate of drug-likeness (QED) is 0.616. The smallest absolute Gasteiger partial charge is 0.238 e. The van der Waals surface area contributed by atoms with Gasteiger partial charge in [0.05, 0.1) is 23.7 Å². The number of likely N-dealkylation sites (N-methyl/N-ethyl adjacent to an activating group) is 1. The molecule has 158 valence electrons. The van der Waals surface area contributed by atoms with Crippen molar-refractivity contribution in [2.45, 2.75) is 32.7 Å². The van der Waals surface area contributed by atoms with Crippen molar-refractivity contribution >= 4 is 28.3 Å². The monoisotopic (exact) mass is 414 g/mol. The SMILES string of the molecule is CCN(CC)CC(=O)Nc1ccc2c(c1)CC(Nc1ncnc3ccc(C#N)cc13)C2. The Bertz CT molecular complexity index is 1150. The summed E-state index contributed by atoms with van der Waals surface area (Å²) in [4.78, 5) is 23.1. The molecule has 0 fully saturated rings. The Balaban J connectivity index is 1.45. The fourth-order valence-electron chi connectivity index (χ4n) is 4.08. The van der Waals surface area contributed by atoms with E-state index in [0.29, 0.717) is 12.1 Å². The Kier molecular flexibility index (Phi) is 6.10. The molecule has 1 unspecified atom stereocenters. The maximum atomic E-state index is 12.3. The third-order valence-corrected chi connectivity index (χ3v) is 5.79. The van der Waals surface area contributed by atoms with Crippen LogP contribution < -0.4 is 10.6 Å². The number of hydrogen-bond acceptors (Lipinski definition) is 6. The molecule has 0 aliphatic heterocycles. The maximum Gasteiger partial charge on any atom is 0.238 e. The van der Waals surface area contributed by atoms with Crippen molar-refractivity contribution in [2.24, 2.45) is 0 Å². The lowest BCUT2D eigenvalue weighted by molar-refractivity contribution is -0.117. The number of benzene rings is 2. The molecule has 1 aromatic heterocycles. The van der Waals surface area contributed by atoms with Crippen LogP contribution in [0, 0.1) is 11.3 Å². The molecule has 0 bridgehead atoms. The lowest BCUT2D eigenvalue weighted by atomic mass is 10.1. The maximum absolute atomic E-state index is 12.3. The van der Waals surface area contributed by atoms with E-state index < -0.39 is 0 Å². The van der Waals surface area contributed by atoms with E-state index in [-0.39, 0.29) is 11.9 Å². The summed E-state index contributed by atoms with van der Waals surface area (Å²) in [5, 5.41) is 16.6. The zero-order chi connectivity index (χ0) is 21.8. The van der Waals surface area contributed by atoms with Crippen molar-refractivity contribution in [3.8, 4) is 6.07 Å². The number of hydrogen-bond donors (Lipinski definition) is 2. The molecule has 1 aliphatic carbocycles. The summed E-state index contributed by atoms with van der Waals surface area (Å²) in [5.74, 6) is 0.754.